The van der Waals surface area contributed by atoms with Gasteiger partial charge in [0.1, 0.15) is 6.33 Å². The van der Waals surface area contributed by atoms with Gasteiger partial charge in [-0.1, -0.05) is 36.7 Å². The number of anilines is 1. The molecule has 0 saturated heterocycles. The number of rotatable bonds is 4. The number of hydrogen-bond donors (Lipinski definition) is 1. The summed E-state index contributed by atoms with van der Waals surface area (Å²) in [6, 6.07) is 14.8. The molecule has 1 amide bonds. The van der Waals surface area contributed by atoms with Crippen LogP contribution >= 0.6 is 11.6 Å². The minimum Gasteiger partial charge on any atom is -0.319 e. The van der Waals surface area contributed by atoms with Crippen molar-refractivity contribution in [3.63, 3.8) is 0 Å². The molecule has 0 fully saturated rings. The SMILES string of the molecule is CCc1ccccc1NC(=O)c1ncn(-c2ccc(Cl)cc2)n1. The minimum atomic E-state index is -0.335. The maximum Gasteiger partial charge on any atom is 0.295 e. The van der Waals surface area contributed by atoms with E-state index in [1.54, 1.807) is 12.1 Å². The first-order valence-electron chi connectivity index (χ1n) is 7.24. The Hall–Kier alpha value is -2.66. The van der Waals surface area contributed by atoms with Gasteiger partial charge in [-0.05, 0) is 42.3 Å². The lowest BCUT2D eigenvalue weighted by Gasteiger charge is -2.07. The van der Waals surface area contributed by atoms with E-state index in [1.165, 1.54) is 11.0 Å². The van der Waals surface area contributed by atoms with E-state index in [0.717, 1.165) is 23.4 Å². The lowest BCUT2D eigenvalue weighted by atomic mass is 10.1. The highest BCUT2D eigenvalue weighted by molar-refractivity contribution is 6.30. The van der Waals surface area contributed by atoms with Gasteiger partial charge < -0.3 is 5.32 Å². The number of aromatic nitrogens is 3. The van der Waals surface area contributed by atoms with Crippen LogP contribution in [0.1, 0.15) is 23.1 Å². The van der Waals surface area contributed by atoms with E-state index in [2.05, 4.69) is 15.4 Å². The average molecular weight is 327 g/mol. The molecule has 0 aliphatic heterocycles. The van der Waals surface area contributed by atoms with Crippen LogP contribution in [0.4, 0.5) is 5.69 Å². The molecular formula is C17H15ClN4O. The molecule has 3 rings (SSSR count). The molecule has 2 aromatic carbocycles. The number of aryl methyl sites for hydroxylation is 1. The fraction of sp³-hybridized carbons (Fsp3) is 0.118. The van der Waals surface area contributed by atoms with E-state index in [-0.39, 0.29) is 11.7 Å². The predicted molar refractivity (Wildman–Crippen MR) is 90.1 cm³/mol. The third kappa shape index (κ3) is 3.40. The molecule has 0 atom stereocenters. The summed E-state index contributed by atoms with van der Waals surface area (Å²) in [6.45, 7) is 2.04. The van der Waals surface area contributed by atoms with Crippen molar-refractivity contribution in [1.29, 1.82) is 0 Å². The van der Waals surface area contributed by atoms with E-state index >= 15 is 0 Å². The van der Waals surface area contributed by atoms with Crippen molar-refractivity contribution in [2.75, 3.05) is 5.32 Å². The monoisotopic (exact) mass is 326 g/mol. The lowest BCUT2D eigenvalue weighted by molar-refractivity contribution is 0.101. The number of carbonyl (C=O) groups is 1. The van der Waals surface area contributed by atoms with Gasteiger partial charge in [0.2, 0.25) is 5.82 Å². The van der Waals surface area contributed by atoms with Crippen LogP contribution in [-0.4, -0.2) is 20.7 Å². The second kappa shape index (κ2) is 6.62. The summed E-state index contributed by atoms with van der Waals surface area (Å²) >= 11 is 5.86. The zero-order valence-electron chi connectivity index (χ0n) is 12.5. The molecule has 0 radical (unpaired) electrons. The highest BCUT2D eigenvalue weighted by Crippen LogP contribution is 2.16. The van der Waals surface area contributed by atoms with Crippen molar-refractivity contribution in [3.8, 4) is 5.69 Å². The number of nitrogens with zero attached hydrogens (tertiary/aromatic N) is 3. The predicted octanol–water partition coefficient (Wildman–Crippen LogP) is 3.74. The molecule has 0 saturated carbocycles. The van der Waals surface area contributed by atoms with Crippen LogP contribution < -0.4 is 5.32 Å². The van der Waals surface area contributed by atoms with Crippen LogP contribution in [0.2, 0.25) is 5.02 Å². The number of nitrogens with one attached hydrogen (secondary N) is 1. The number of hydrogen-bond acceptors (Lipinski definition) is 3. The summed E-state index contributed by atoms with van der Waals surface area (Å²) in [5, 5.41) is 7.71. The number of amides is 1. The Morgan fingerprint density at radius 2 is 1.91 bits per heavy atom. The zero-order valence-corrected chi connectivity index (χ0v) is 13.3. The van der Waals surface area contributed by atoms with Crippen molar-refractivity contribution in [2.24, 2.45) is 0 Å². The van der Waals surface area contributed by atoms with Crippen LogP contribution in [0.5, 0.6) is 0 Å². The van der Waals surface area contributed by atoms with Crippen LogP contribution in [0.25, 0.3) is 5.69 Å². The van der Waals surface area contributed by atoms with E-state index < -0.39 is 0 Å². The first kappa shape index (κ1) is 15.2. The van der Waals surface area contributed by atoms with Crippen molar-refractivity contribution >= 4 is 23.2 Å². The van der Waals surface area contributed by atoms with Gasteiger partial charge in [-0.15, -0.1) is 5.10 Å². The number of benzene rings is 2. The highest BCUT2D eigenvalue weighted by Gasteiger charge is 2.13. The molecular weight excluding hydrogens is 312 g/mol. The molecule has 3 aromatic rings. The summed E-state index contributed by atoms with van der Waals surface area (Å²) in [5.74, 6) is -0.218. The second-order valence-electron chi connectivity index (χ2n) is 4.95. The average Bonchev–Trinajstić information content (AvgIpc) is 3.06. The van der Waals surface area contributed by atoms with Crippen LogP contribution in [0.3, 0.4) is 0 Å². The molecule has 116 valence electrons. The molecule has 0 aliphatic carbocycles. The topological polar surface area (TPSA) is 59.8 Å². The summed E-state index contributed by atoms with van der Waals surface area (Å²) in [5.41, 5.74) is 2.63. The molecule has 23 heavy (non-hydrogen) atoms. The van der Waals surface area contributed by atoms with Gasteiger partial charge in [0.25, 0.3) is 5.91 Å². The van der Waals surface area contributed by atoms with Crippen molar-refractivity contribution in [1.82, 2.24) is 14.8 Å². The molecule has 5 nitrogen and oxygen atoms in total. The van der Waals surface area contributed by atoms with E-state index in [9.17, 15) is 4.79 Å². The largest absolute Gasteiger partial charge is 0.319 e. The van der Waals surface area contributed by atoms with Gasteiger partial charge in [-0.3, -0.25) is 4.79 Å². The van der Waals surface area contributed by atoms with Gasteiger partial charge >= 0.3 is 0 Å². The molecule has 0 bridgehead atoms. The smallest absolute Gasteiger partial charge is 0.295 e. The Labute approximate surface area is 138 Å². The Kier molecular flexibility index (Phi) is 4.39. The van der Waals surface area contributed by atoms with E-state index in [0.29, 0.717) is 5.02 Å². The first-order chi connectivity index (χ1) is 11.2. The van der Waals surface area contributed by atoms with Crippen LogP contribution in [0, 0.1) is 0 Å². The van der Waals surface area contributed by atoms with Gasteiger partial charge in [0, 0.05) is 10.7 Å². The number of carbonyl (C=O) groups excluding carboxylic acids is 1. The Bertz CT molecular complexity index is 827. The Morgan fingerprint density at radius 3 is 2.65 bits per heavy atom. The van der Waals surface area contributed by atoms with Gasteiger partial charge in [0.05, 0.1) is 5.69 Å². The zero-order chi connectivity index (χ0) is 16.2. The first-order valence-corrected chi connectivity index (χ1v) is 7.62. The second-order valence-corrected chi connectivity index (χ2v) is 5.39. The lowest BCUT2D eigenvalue weighted by Crippen LogP contribution is -2.15. The Balaban J connectivity index is 1.80. The van der Waals surface area contributed by atoms with E-state index in [1.807, 2.05) is 43.3 Å². The minimum absolute atomic E-state index is 0.117. The van der Waals surface area contributed by atoms with Gasteiger partial charge in [-0.2, -0.15) is 0 Å². The molecule has 0 spiro atoms. The van der Waals surface area contributed by atoms with Gasteiger partial charge in [0.15, 0.2) is 0 Å². The fourth-order valence-electron chi connectivity index (χ4n) is 2.21. The normalized spacial score (nSPS) is 10.5. The maximum absolute atomic E-state index is 12.3. The standard InChI is InChI=1S/C17H15ClN4O/c1-2-12-5-3-4-6-15(12)20-17(23)16-19-11-22(21-16)14-9-7-13(18)8-10-14/h3-11H,2H2,1H3,(H,20,23). The molecule has 0 aliphatic rings. The van der Waals surface area contributed by atoms with Crippen LogP contribution in [0.15, 0.2) is 54.9 Å². The summed E-state index contributed by atoms with van der Waals surface area (Å²) < 4.78 is 1.54. The van der Waals surface area contributed by atoms with Crippen LogP contribution in [-0.2, 0) is 6.42 Å². The number of halogens is 1. The summed E-state index contributed by atoms with van der Waals surface area (Å²) in [4.78, 5) is 16.4. The molecule has 1 heterocycles. The third-order valence-corrected chi connectivity index (χ3v) is 3.68. The Morgan fingerprint density at radius 1 is 1.17 bits per heavy atom. The van der Waals surface area contributed by atoms with Crippen molar-refractivity contribution < 1.29 is 4.79 Å². The van der Waals surface area contributed by atoms with Crippen molar-refractivity contribution in [3.05, 3.63) is 71.3 Å². The molecule has 0 unspecified atom stereocenters. The quantitative estimate of drug-likeness (QED) is 0.794. The maximum atomic E-state index is 12.3. The number of para-hydroxylation sites is 1. The van der Waals surface area contributed by atoms with Gasteiger partial charge in [-0.25, -0.2) is 9.67 Å². The molecule has 1 aromatic heterocycles. The highest BCUT2D eigenvalue weighted by atomic mass is 35.5. The third-order valence-electron chi connectivity index (χ3n) is 3.43. The summed E-state index contributed by atoms with van der Waals surface area (Å²) in [6.07, 6.45) is 2.34. The molecule has 6 heteroatoms. The fourth-order valence-corrected chi connectivity index (χ4v) is 2.34. The van der Waals surface area contributed by atoms with E-state index in [4.69, 9.17) is 11.6 Å². The molecule has 1 N–H and O–H groups in total. The van der Waals surface area contributed by atoms with Crippen molar-refractivity contribution in [2.45, 2.75) is 13.3 Å². The summed E-state index contributed by atoms with van der Waals surface area (Å²) in [7, 11) is 0.